The van der Waals surface area contributed by atoms with Crippen LogP contribution >= 0.6 is 11.6 Å². The standard InChI is InChI=1S/C13H14ClN3O/c1-17(2)9-5-6-11(15)12(8-9)18-13-10(14)4-3-7-16-13/h3-8H,15H2,1-2H3. The quantitative estimate of drug-likeness (QED) is 0.864. The Hall–Kier alpha value is -1.94. The van der Waals surface area contributed by atoms with Crippen LogP contribution in [0.15, 0.2) is 36.5 Å². The van der Waals surface area contributed by atoms with E-state index in [0.29, 0.717) is 22.3 Å². The van der Waals surface area contributed by atoms with E-state index in [-0.39, 0.29) is 0 Å². The van der Waals surface area contributed by atoms with Crippen LogP contribution < -0.4 is 15.4 Å². The second kappa shape index (κ2) is 5.14. The summed E-state index contributed by atoms with van der Waals surface area (Å²) in [5.41, 5.74) is 7.41. The van der Waals surface area contributed by atoms with E-state index in [4.69, 9.17) is 22.1 Å². The van der Waals surface area contributed by atoms with E-state index >= 15 is 0 Å². The van der Waals surface area contributed by atoms with Crippen molar-refractivity contribution < 1.29 is 4.74 Å². The molecule has 0 fully saturated rings. The van der Waals surface area contributed by atoms with Gasteiger partial charge in [0.1, 0.15) is 5.02 Å². The van der Waals surface area contributed by atoms with Crippen molar-refractivity contribution in [1.82, 2.24) is 4.98 Å². The first-order valence-electron chi connectivity index (χ1n) is 5.43. The van der Waals surface area contributed by atoms with Crippen LogP contribution in [0.25, 0.3) is 0 Å². The summed E-state index contributed by atoms with van der Waals surface area (Å²) in [4.78, 5) is 6.03. The van der Waals surface area contributed by atoms with Crippen molar-refractivity contribution in [1.29, 1.82) is 0 Å². The van der Waals surface area contributed by atoms with Gasteiger partial charge in [0.2, 0.25) is 5.88 Å². The highest BCUT2D eigenvalue weighted by atomic mass is 35.5. The number of nitrogen functional groups attached to an aromatic ring is 1. The van der Waals surface area contributed by atoms with Crippen LogP contribution in [0.4, 0.5) is 11.4 Å². The van der Waals surface area contributed by atoms with Gasteiger partial charge < -0.3 is 15.4 Å². The van der Waals surface area contributed by atoms with Gasteiger partial charge in [-0.1, -0.05) is 11.6 Å². The predicted octanol–water partition coefficient (Wildman–Crippen LogP) is 3.18. The lowest BCUT2D eigenvalue weighted by atomic mass is 10.2. The first-order valence-corrected chi connectivity index (χ1v) is 5.81. The molecule has 18 heavy (non-hydrogen) atoms. The second-order valence-electron chi connectivity index (χ2n) is 4.01. The summed E-state index contributed by atoms with van der Waals surface area (Å²) in [6, 6.07) is 9.02. The number of nitrogens with two attached hydrogens (primary N) is 1. The minimum absolute atomic E-state index is 0.349. The van der Waals surface area contributed by atoms with Gasteiger partial charge in [0.05, 0.1) is 5.69 Å². The largest absolute Gasteiger partial charge is 0.435 e. The maximum atomic E-state index is 5.99. The molecule has 5 heteroatoms. The molecule has 0 aliphatic carbocycles. The van der Waals surface area contributed by atoms with Crippen LogP contribution in [0.3, 0.4) is 0 Å². The molecule has 1 aromatic heterocycles. The second-order valence-corrected chi connectivity index (χ2v) is 4.42. The van der Waals surface area contributed by atoms with Crippen LogP contribution in [0.2, 0.25) is 5.02 Å². The van der Waals surface area contributed by atoms with Crippen molar-refractivity contribution in [3.05, 3.63) is 41.6 Å². The van der Waals surface area contributed by atoms with Gasteiger partial charge in [0.15, 0.2) is 5.75 Å². The van der Waals surface area contributed by atoms with Gasteiger partial charge in [-0.3, -0.25) is 0 Å². The topological polar surface area (TPSA) is 51.4 Å². The van der Waals surface area contributed by atoms with Crippen LogP contribution in [0.1, 0.15) is 0 Å². The predicted molar refractivity (Wildman–Crippen MR) is 74.5 cm³/mol. The Labute approximate surface area is 111 Å². The number of ether oxygens (including phenoxy) is 1. The highest BCUT2D eigenvalue weighted by molar-refractivity contribution is 6.31. The monoisotopic (exact) mass is 263 g/mol. The smallest absolute Gasteiger partial charge is 0.238 e. The Kier molecular flexibility index (Phi) is 3.58. The van der Waals surface area contributed by atoms with E-state index in [9.17, 15) is 0 Å². The number of benzene rings is 1. The van der Waals surface area contributed by atoms with Crippen molar-refractivity contribution in [2.24, 2.45) is 0 Å². The SMILES string of the molecule is CN(C)c1ccc(N)c(Oc2ncccc2Cl)c1. The Bertz CT molecular complexity index is 558. The summed E-state index contributed by atoms with van der Waals surface area (Å²) in [7, 11) is 3.89. The van der Waals surface area contributed by atoms with Gasteiger partial charge in [0.25, 0.3) is 0 Å². The molecule has 0 amide bonds. The maximum Gasteiger partial charge on any atom is 0.238 e. The Morgan fingerprint density at radius 3 is 2.72 bits per heavy atom. The van der Waals surface area contributed by atoms with Crippen molar-refractivity contribution in [3.63, 3.8) is 0 Å². The molecule has 4 nitrogen and oxygen atoms in total. The lowest BCUT2D eigenvalue weighted by Gasteiger charge is -2.15. The number of anilines is 2. The molecule has 1 heterocycles. The van der Waals surface area contributed by atoms with Crippen molar-refractivity contribution >= 4 is 23.0 Å². The van der Waals surface area contributed by atoms with Crippen molar-refractivity contribution in [2.45, 2.75) is 0 Å². The summed E-state index contributed by atoms with van der Waals surface area (Å²) < 4.78 is 5.64. The van der Waals surface area contributed by atoms with E-state index in [2.05, 4.69) is 4.98 Å². The van der Waals surface area contributed by atoms with Crippen molar-refractivity contribution in [2.75, 3.05) is 24.7 Å². The van der Waals surface area contributed by atoms with E-state index in [1.165, 1.54) is 0 Å². The average Bonchev–Trinajstić information content (AvgIpc) is 2.34. The molecule has 0 atom stereocenters. The number of rotatable bonds is 3. The summed E-state index contributed by atoms with van der Waals surface area (Å²) in [6.07, 6.45) is 1.62. The van der Waals surface area contributed by atoms with Gasteiger partial charge in [0, 0.05) is 32.0 Å². The summed E-state index contributed by atoms with van der Waals surface area (Å²) in [5, 5.41) is 0.451. The minimum Gasteiger partial charge on any atom is -0.435 e. The first-order chi connectivity index (χ1) is 8.58. The Morgan fingerprint density at radius 2 is 2.06 bits per heavy atom. The molecule has 0 aliphatic rings. The molecular formula is C13H14ClN3O. The maximum absolute atomic E-state index is 5.99. The van der Waals surface area contributed by atoms with Crippen LogP contribution in [-0.4, -0.2) is 19.1 Å². The number of pyridine rings is 1. The van der Waals surface area contributed by atoms with E-state index in [1.54, 1.807) is 24.4 Å². The molecule has 2 aromatic rings. The molecule has 0 saturated heterocycles. The molecule has 0 unspecified atom stereocenters. The number of hydrogen-bond donors (Lipinski definition) is 1. The normalized spacial score (nSPS) is 10.2. The molecule has 0 spiro atoms. The zero-order valence-corrected chi connectivity index (χ0v) is 11.0. The Morgan fingerprint density at radius 1 is 1.28 bits per heavy atom. The minimum atomic E-state index is 0.349. The van der Waals surface area contributed by atoms with Gasteiger partial charge >= 0.3 is 0 Å². The summed E-state index contributed by atoms with van der Waals surface area (Å²) >= 11 is 5.99. The molecule has 1 aromatic carbocycles. The molecule has 2 rings (SSSR count). The third-order valence-corrected chi connectivity index (χ3v) is 2.73. The van der Waals surface area contributed by atoms with Crippen LogP contribution in [-0.2, 0) is 0 Å². The zero-order valence-electron chi connectivity index (χ0n) is 10.2. The van der Waals surface area contributed by atoms with E-state index in [1.807, 2.05) is 31.1 Å². The Balaban J connectivity index is 2.34. The van der Waals surface area contributed by atoms with Gasteiger partial charge in [-0.25, -0.2) is 4.98 Å². The van der Waals surface area contributed by atoms with Crippen molar-refractivity contribution in [3.8, 4) is 11.6 Å². The molecule has 0 radical (unpaired) electrons. The third-order valence-electron chi connectivity index (χ3n) is 2.44. The van der Waals surface area contributed by atoms with E-state index < -0.39 is 0 Å². The highest BCUT2D eigenvalue weighted by Crippen LogP contribution is 2.33. The lowest BCUT2D eigenvalue weighted by molar-refractivity contribution is 0.465. The van der Waals surface area contributed by atoms with Crippen LogP contribution in [0.5, 0.6) is 11.6 Å². The number of nitrogens with zero attached hydrogens (tertiary/aromatic N) is 2. The molecule has 94 valence electrons. The van der Waals surface area contributed by atoms with Gasteiger partial charge in [-0.2, -0.15) is 0 Å². The zero-order chi connectivity index (χ0) is 13.1. The molecule has 0 aliphatic heterocycles. The molecular weight excluding hydrogens is 250 g/mol. The van der Waals surface area contributed by atoms with Crippen LogP contribution in [0, 0.1) is 0 Å². The fourth-order valence-electron chi connectivity index (χ4n) is 1.44. The highest BCUT2D eigenvalue weighted by Gasteiger charge is 2.08. The lowest BCUT2D eigenvalue weighted by Crippen LogP contribution is -2.08. The molecule has 0 saturated carbocycles. The third kappa shape index (κ3) is 2.65. The fourth-order valence-corrected chi connectivity index (χ4v) is 1.60. The fraction of sp³-hybridized carbons (Fsp3) is 0.154. The van der Waals surface area contributed by atoms with E-state index in [0.717, 1.165) is 5.69 Å². The number of halogens is 1. The summed E-state index contributed by atoms with van der Waals surface area (Å²) in [6.45, 7) is 0. The van der Waals surface area contributed by atoms with Gasteiger partial charge in [-0.05, 0) is 24.3 Å². The summed E-state index contributed by atoms with van der Waals surface area (Å²) in [5.74, 6) is 0.892. The first kappa shape index (κ1) is 12.5. The molecule has 2 N–H and O–H groups in total. The number of aromatic nitrogens is 1. The van der Waals surface area contributed by atoms with Gasteiger partial charge in [-0.15, -0.1) is 0 Å². The number of hydrogen-bond acceptors (Lipinski definition) is 4. The molecule has 0 bridgehead atoms. The average molecular weight is 264 g/mol.